The van der Waals surface area contributed by atoms with Crippen molar-refractivity contribution in [3.63, 3.8) is 0 Å². The second kappa shape index (κ2) is 10.2. The fourth-order valence-corrected chi connectivity index (χ4v) is 9.09. The number of para-hydroxylation sites is 2. The van der Waals surface area contributed by atoms with Gasteiger partial charge in [-0.2, -0.15) is 0 Å². The van der Waals surface area contributed by atoms with E-state index in [0.717, 1.165) is 45.5 Å². The minimum absolute atomic E-state index is 0.0641. The highest BCUT2D eigenvalue weighted by atomic mass is 32.1. The van der Waals surface area contributed by atoms with Crippen molar-refractivity contribution >= 4 is 93.2 Å². The highest BCUT2D eigenvalue weighted by Gasteiger charge is 2.40. The number of hydrogen-bond acceptors (Lipinski definition) is 4. The molecule has 0 saturated heterocycles. The molecule has 2 aliphatic rings. The number of nitrogens with zero attached hydrogens (tertiary/aromatic N) is 1. The standard InChI is InChI=1S/C44H26BNO2S/c1-2-12-30(13-3-1)46(37-16-8-11-27-10-4-5-14-32(27)37)31-21-20-28-23-33-34-25-41-36(26-43(34)49-42(33)24-29(28)22-31)45-35-15-6-7-17-38(35)47-39-18-9-19-40(48-41)44(39)45/h1-26H. The Morgan fingerprint density at radius 2 is 1.14 bits per heavy atom. The van der Waals surface area contributed by atoms with Gasteiger partial charge in [0.05, 0.1) is 5.69 Å². The summed E-state index contributed by atoms with van der Waals surface area (Å²) in [5.74, 6) is 3.58. The Balaban J connectivity index is 1.08. The lowest BCUT2D eigenvalue weighted by Gasteiger charge is -2.32. The molecule has 0 spiro atoms. The van der Waals surface area contributed by atoms with Crippen LogP contribution in [-0.2, 0) is 0 Å². The summed E-state index contributed by atoms with van der Waals surface area (Å²) in [6, 6.07) is 56.5. The summed E-state index contributed by atoms with van der Waals surface area (Å²) in [6.45, 7) is 0.0641. The first-order valence-corrected chi connectivity index (χ1v) is 17.4. The van der Waals surface area contributed by atoms with E-state index >= 15 is 0 Å². The van der Waals surface area contributed by atoms with Gasteiger partial charge in [0, 0.05) is 42.4 Å². The molecule has 0 unspecified atom stereocenters. The van der Waals surface area contributed by atoms with E-state index in [-0.39, 0.29) is 6.71 Å². The molecule has 11 rings (SSSR count). The van der Waals surface area contributed by atoms with Gasteiger partial charge in [0.15, 0.2) is 0 Å². The molecular formula is C44H26BNO2S. The number of ether oxygens (including phenoxy) is 2. The zero-order chi connectivity index (χ0) is 32.1. The maximum absolute atomic E-state index is 6.63. The Morgan fingerprint density at radius 3 is 2.06 bits per heavy atom. The van der Waals surface area contributed by atoms with Crippen LogP contribution in [0, 0.1) is 0 Å². The highest BCUT2D eigenvalue weighted by Crippen LogP contribution is 2.43. The molecule has 3 heterocycles. The average molecular weight is 644 g/mol. The second-order valence-corrected chi connectivity index (χ2v) is 14.0. The monoisotopic (exact) mass is 643 g/mol. The maximum atomic E-state index is 6.63. The summed E-state index contributed by atoms with van der Waals surface area (Å²) in [6.07, 6.45) is 0. The molecule has 0 radical (unpaired) electrons. The third-order valence-electron chi connectivity index (χ3n) is 10.1. The minimum Gasteiger partial charge on any atom is -0.458 e. The fourth-order valence-electron chi connectivity index (χ4n) is 7.92. The van der Waals surface area contributed by atoms with Crippen LogP contribution in [0.15, 0.2) is 158 Å². The lowest BCUT2D eigenvalue weighted by molar-refractivity contribution is 0.465. The van der Waals surface area contributed by atoms with Crippen LogP contribution in [0.2, 0.25) is 0 Å². The van der Waals surface area contributed by atoms with Crippen LogP contribution in [0.5, 0.6) is 23.0 Å². The summed E-state index contributed by atoms with van der Waals surface area (Å²) < 4.78 is 15.5. The van der Waals surface area contributed by atoms with E-state index in [9.17, 15) is 0 Å². The van der Waals surface area contributed by atoms with E-state index in [4.69, 9.17) is 9.47 Å². The number of benzene rings is 8. The molecule has 0 saturated carbocycles. The van der Waals surface area contributed by atoms with E-state index in [0.29, 0.717) is 0 Å². The van der Waals surface area contributed by atoms with Gasteiger partial charge in [-0.3, -0.25) is 0 Å². The molecular weight excluding hydrogens is 617 g/mol. The van der Waals surface area contributed by atoms with Gasteiger partial charge in [-0.05, 0) is 99.9 Å². The van der Waals surface area contributed by atoms with Crippen molar-refractivity contribution in [2.45, 2.75) is 0 Å². The molecule has 5 heteroatoms. The molecule has 0 fully saturated rings. The van der Waals surface area contributed by atoms with Gasteiger partial charge in [-0.15, -0.1) is 11.3 Å². The molecule has 1 aromatic heterocycles. The van der Waals surface area contributed by atoms with Crippen LogP contribution < -0.4 is 30.8 Å². The molecule has 0 aliphatic carbocycles. The Kier molecular flexibility index (Phi) is 5.63. The largest absolute Gasteiger partial charge is 0.458 e. The molecule has 49 heavy (non-hydrogen) atoms. The van der Waals surface area contributed by atoms with Crippen LogP contribution in [0.25, 0.3) is 41.7 Å². The third kappa shape index (κ3) is 4.03. The van der Waals surface area contributed by atoms with Crippen LogP contribution >= 0.6 is 11.3 Å². The zero-order valence-corrected chi connectivity index (χ0v) is 27.1. The first kappa shape index (κ1) is 27.0. The molecule has 9 aromatic rings. The zero-order valence-electron chi connectivity index (χ0n) is 26.3. The normalized spacial score (nSPS) is 12.8. The Bertz CT molecular complexity index is 2800. The van der Waals surface area contributed by atoms with Gasteiger partial charge >= 0.3 is 0 Å². The van der Waals surface area contributed by atoms with E-state index in [1.807, 2.05) is 29.5 Å². The number of anilines is 3. The van der Waals surface area contributed by atoms with Crippen LogP contribution in [-0.4, -0.2) is 6.71 Å². The van der Waals surface area contributed by atoms with Crippen molar-refractivity contribution in [3.8, 4) is 23.0 Å². The Morgan fingerprint density at radius 1 is 0.429 bits per heavy atom. The molecule has 0 amide bonds. The van der Waals surface area contributed by atoms with Crippen LogP contribution in [0.1, 0.15) is 0 Å². The van der Waals surface area contributed by atoms with Crippen LogP contribution in [0.3, 0.4) is 0 Å². The number of rotatable bonds is 3. The lowest BCUT2D eigenvalue weighted by Crippen LogP contribution is -2.57. The van der Waals surface area contributed by atoms with Gasteiger partial charge in [-0.25, -0.2) is 0 Å². The second-order valence-electron chi connectivity index (χ2n) is 12.9. The quantitative estimate of drug-likeness (QED) is 0.179. The van der Waals surface area contributed by atoms with E-state index in [1.165, 1.54) is 52.6 Å². The highest BCUT2D eigenvalue weighted by molar-refractivity contribution is 7.26. The first-order chi connectivity index (χ1) is 24.3. The molecule has 0 bridgehead atoms. The van der Waals surface area contributed by atoms with E-state index < -0.39 is 0 Å². The van der Waals surface area contributed by atoms with Crippen molar-refractivity contribution in [2.75, 3.05) is 4.90 Å². The number of fused-ring (bicyclic) bond motifs is 9. The molecule has 3 nitrogen and oxygen atoms in total. The summed E-state index contributed by atoms with van der Waals surface area (Å²) in [7, 11) is 0. The number of hydrogen-bond donors (Lipinski definition) is 0. The topological polar surface area (TPSA) is 21.7 Å². The van der Waals surface area contributed by atoms with E-state index in [2.05, 4.69) is 144 Å². The molecule has 2 aliphatic heterocycles. The Labute approximate surface area is 287 Å². The van der Waals surface area contributed by atoms with Crippen molar-refractivity contribution in [1.29, 1.82) is 0 Å². The van der Waals surface area contributed by atoms with Crippen molar-refractivity contribution in [3.05, 3.63) is 158 Å². The van der Waals surface area contributed by atoms with Crippen molar-refractivity contribution in [1.82, 2.24) is 0 Å². The summed E-state index contributed by atoms with van der Waals surface area (Å²) in [5.41, 5.74) is 6.91. The predicted molar refractivity (Wildman–Crippen MR) is 207 cm³/mol. The smallest absolute Gasteiger partial charge is 0.260 e. The van der Waals surface area contributed by atoms with Gasteiger partial charge in [0.2, 0.25) is 0 Å². The molecule has 228 valence electrons. The summed E-state index contributed by atoms with van der Waals surface area (Å²) in [5, 5.41) is 7.37. The molecule has 0 N–H and O–H groups in total. The van der Waals surface area contributed by atoms with Gasteiger partial charge in [0.25, 0.3) is 6.71 Å². The molecule has 0 atom stereocenters. The Hall–Kier alpha value is -6.04. The first-order valence-electron chi connectivity index (χ1n) is 16.6. The van der Waals surface area contributed by atoms with E-state index in [1.54, 1.807) is 0 Å². The lowest BCUT2D eigenvalue weighted by atomic mass is 9.35. The summed E-state index contributed by atoms with van der Waals surface area (Å²) in [4.78, 5) is 2.37. The number of thiophene rings is 1. The van der Waals surface area contributed by atoms with Crippen molar-refractivity contribution < 1.29 is 9.47 Å². The average Bonchev–Trinajstić information content (AvgIpc) is 3.49. The third-order valence-corrected chi connectivity index (χ3v) is 11.2. The van der Waals surface area contributed by atoms with Gasteiger partial charge in [0.1, 0.15) is 23.0 Å². The van der Waals surface area contributed by atoms with Crippen LogP contribution in [0.4, 0.5) is 17.1 Å². The van der Waals surface area contributed by atoms with Gasteiger partial charge < -0.3 is 14.4 Å². The summed E-state index contributed by atoms with van der Waals surface area (Å²) >= 11 is 1.86. The maximum Gasteiger partial charge on any atom is 0.260 e. The fraction of sp³-hybridized carbons (Fsp3) is 0. The van der Waals surface area contributed by atoms with Gasteiger partial charge in [-0.1, -0.05) is 84.9 Å². The SMILES string of the molecule is c1ccc(N(c2ccc3cc4c(cc3c2)sc2cc3c(cc24)Oc2cccc4c2B3c2ccccc2O4)c2cccc3ccccc23)cc1. The predicted octanol–water partition coefficient (Wildman–Crippen LogP) is 10.6. The minimum atomic E-state index is 0.0641. The van der Waals surface area contributed by atoms with Crippen molar-refractivity contribution in [2.24, 2.45) is 0 Å². The molecule has 8 aromatic carbocycles.